The van der Waals surface area contributed by atoms with Crippen molar-refractivity contribution in [3.8, 4) is 0 Å². The highest BCUT2D eigenvalue weighted by Gasteiger charge is 2.30. The summed E-state index contributed by atoms with van der Waals surface area (Å²) in [6, 6.07) is 15.2. The van der Waals surface area contributed by atoms with Crippen molar-refractivity contribution in [3.05, 3.63) is 101 Å². The maximum atomic E-state index is 12.5. The monoisotopic (exact) mass is 562 g/mol. The smallest absolute Gasteiger partial charge is 0.407 e. The number of hydrogen-bond acceptors (Lipinski definition) is 4. The molecule has 3 N–H and O–H groups in total. The number of unbranched alkanes of at least 4 members (excludes halogenated alkanes) is 1. The Kier molecular flexibility index (Phi) is 13.9. The lowest BCUT2D eigenvalue weighted by Gasteiger charge is -2.18. The number of carboxylic acids is 1. The fourth-order valence-electron chi connectivity index (χ4n) is 4.61. The molecule has 2 aromatic carbocycles. The van der Waals surface area contributed by atoms with E-state index in [-0.39, 0.29) is 12.5 Å². The van der Waals surface area contributed by atoms with Gasteiger partial charge in [-0.1, -0.05) is 105 Å². The van der Waals surface area contributed by atoms with Gasteiger partial charge in [-0.2, -0.15) is 0 Å². The predicted molar refractivity (Wildman–Crippen MR) is 168 cm³/mol. The molecule has 0 radical (unpaired) electrons. The van der Waals surface area contributed by atoms with E-state index in [0.717, 1.165) is 39.2 Å². The summed E-state index contributed by atoms with van der Waals surface area (Å²) in [5, 5.41) is 15.3. The number of carboxylic acid groups (broad SMARTS) is 1. The lowest BCUT2D eigenvalue weighted by atomic mass is 9.96. The molecule has 1 aliphatic rings. The summed E-state index contributed by atoms with van der Waals surface area (Å²) >= 11 is 5.42. The number of aryl methyl sites for hydroxylation is 1. The highest BCUT2D eigenvalue weighted by molar-refractivity contribution is 7.80. The summed E-state index contributed by atoms with van der Waals surface area (Å²) in [6.07, 6.45) is 7.35. The van der Waals surface area contributed by atoms with Crippen molar-refractivity contribution in [2.24, 2.45) is 0 Å². The van der Waals surface area contributed by atoms with Gasteiger partial charge in [0, 0.05) is 18.9 Å². The van der Waals surface area contributed by atoms with Crippen LogP contribution in [0.2, 0.25) is 0 Å². The molecule has 2 unspecified atom stereocenters. The molecule has 0 saturated heterocycles. The molecule has 1 aliphatic carbocycles. The number of amides is 1. The van der Waals surface area contributed by atoms with E-state index in [2.05, 4.69) is 41.5 Å². The van der Waals surface area contributed by atoms with Crippen LogP contribution in [0.25, 0.3) is 5.57 Å². The standard InChI is InChI=1S/C31H36N2O4S.C2H6/c1-4-10-24-23(5-2)25-11-6-7-12-26(25)27(24)20-37-31(36)33-28(30(34)35)13-8-9-18-32-29(38)19-22-16-14-21(3)15-17-22;1-2/h4-7,10-12,14-17,27-28H,2,8-9,13,18-20H2,1,3H3,(H,32,38)(H,33,36)(H,34,35);1-2H3/b10-4-;. The Morgan fingerprint density at radius 3 is 2.48 bits per heavy atom. The Bertz CT molecular complexity index is 1220. The van der Waals surface area contributed by atoms with Gasteiger partial charge >= 0.3 is 12.1 Å². The van der Waals surface area contributed by atoms with Crippen LogP contribution < -0.4 is 10.6 Å². The molecule has 0 fully saturated rings. The SMILES string of the molecule is C=CC1=C(/C=C\C)C(COC(=O)NC(CCCCNC(=S)Cc2ccc(C)cc2)C(=O)O)c2ccccc21.CC. The number of carbonyl (C=O) groups is 2. The van der Waals surface area contributed by atoms with Gasteiger partial charge in [0.2, 0.25) is 0 Å². The minimum atomic E-state index is -1.08. The number of alkyl carbamates (subject to hydrolysis) is 1. The summed E-state index contributed by atoms with van der Waals surface area (Å²) in [7, 11) is 0. The minimum absolute atomic E-state index is 0.106. The van der Waals surface area contributed by atoms with Gasteiger partial charge in [0.25, 0.3) is 0 Å². The van der Waals surface area contributed by atoms with Gasteiger partial charge in [0.1, 0.15) is 12.6 Å². The van der Waals surface area contributed by atoms with E-state index in [1.54, 1.807) is 0 Å². The van der Waals surface area contributed by atoms with Crippen molar-refractivity contribution < 1.29 is 19.4 Å². The van der Waals surface area contributed by atoms with Crippen LogP contribution in [0.15, 0.2) is 78.9 Å². The quantitative estimate of drug-likeness (QED) is 0.178. The maximum absolute atomic E-state index is 12.5. The van der Waals surface area contributed by atoms with Gasteiger partial charge in [-0.15, -0.1) is 0 Å². The van der Waals surface area contributed by atoms with Crippen LogP contribution in [0, 0.1) is 6.92 Å². The zero-order valence-electron chi connectivity index (χ0n) is 24.0. The number of fused-ring (bicyclic) bond motifs is 1. The number of aliphatic carboxylic acids is 1. The Morgan fingerprint density at radius 1 is 1.12 bits per heavy atom. The molecule has 214 valence electrons. The van der Waals surface area contributed by atoms with Gasteiger partial charge < -0.3 is 20.5 Å². The van der Waals surface area contributed by atoms with Crippen LogP contribution in [0.4, 0.5) is 4.79 Å². The van der Waals surface area contributed by atoms with E-state index in [1.807, 2.05) is 70.2 Å². The van der Waals surface area contributed by atoms with Gasteiger partial charge in [0.15, 0.2) is 0 Å². The topological polar surface area (TPSA) is 87.7 Å². The fraction of sp³-hybridized carbons (Fsp3) is 0.364. The lowest BCUT2D eigenvalue weighted by molar-refractivity contribution is -0.139. The second kappa shape index (κ2) is 17.1. The van der Waals surface area contributed by atoms with Crippen LogP contribution in [0.1, 0.15) is 68.2 Å². The summed E-state index contributed by atoms with van der Waals surface area (Å²) in [4.78, 5) is 25.0. The van der Waals surface area contributed by atoms with Gasteiger partial charge in [0.05, 0.1) is 4.99 Å². The lowest BCUT2D eigenvalue weighted by Crippen LogP contribution is -2.41. The van der Waals surface area contributed by atoms with Crippen LogP contribution in [-0.2, 0) is 16.0 Å². The molecule has 1 amide bonds. The molecule has 0 aromatic heterocycles. The molecule has 0 bridgehead atoms. The zero-order valence-corrected chi connectivity index (χ0v) is 24.9. The molecular formula is C33H42N2O4S. The number of nitrogens with one attached hydrogen (secondary N) is 2. The summed E-state index contributed by atoms with van der Waals surface area (Å²) in [5.74, 6) is -1.22. The molecule has 6 nitrogen and oxygen atoms in total. The van der Waals surface area contributed by atoms with E-state index in [1.165, 1.54) is 5.56 Å². The summed E-state index contributed by atoms with van der Waals surface area (Å²) in [6.45, 7) is 12.7. The Balaban J connectivity index is 0.00000274. The molecule has 0 aliphatic heterocycles. The zero-order chi connectivity index (χ0) is 29.5. The number of thiocarbonyl (C=S) groups is 1. The second-order valence-corrected chi connectivity index (χ2v) is 9.85. The number of ether oxygens (including phenoxy) is 1. The third-order valence-corrected chi connectivity index (χ3v) is 6.85. The maximum Gasteiger partial charge on any atom is 0.407 e. The molecule has 3 rings (SSSR count). The predicted octanol–water partition coefficient (Wildman–Crippen LogP) is 7.14. The van der Waals surface area contributed by atoms with Crippen LogP contribution >= 0.6 is 12.2 Å². The molecule has 7 heteroatoms. The van der Waals surface area contributed by atoms with Crippen LogP contribution in [0.5, 0.6) is 0 Å². The third kappa shape index (κ3) is 9.49. The van der Waals surface area contributed by atoms with E-state index in [0.29, 0.717) is 25.8 Å². The highest BCUT2D eigenvalue weighted by atomic mass is 32.1. The molecule has 0 saturated carbocycles. The van der Waals surface area contributed by atoms with Crippen molar-refractivity contribution in [1.82, 2.24) is 10.6 Å². The second-order valence-electron chi connectivity index (χ2n) is 9.35. The van der Waals surface area contributed by atoms with E-state index < -0.39 is 18.1 Å². The first-order valence-corrected chi connectivity index (χ1v) is 14.3. The first-order valence-electron chi connectivity index (χ1n) is 13.9. The number of rotatable bonds is 13. The molecule has 0 spiro atoms. The Hall–Kier alpha value is -3.71. The van der Waals surface area contributed by atoms with Crippen molar-refractivity contribution >= 4 is 34.8 Å². The van der Waals surface area contributed by atoms with Gasteiger partial charge in [-0.25, -0.2) is 9.59 Å². The Morgan fingerprint density at radius 2 is 1.82 bits per heavy atom. The van der Waals surface area contributed by atoms with E-state index >= 15 is 0 Å². The van der Waals surface area contributed by atoms with E-state index in [4.69, 9.17) is 17.0 Å². The van der Waals surface area contributed by atoms with Crippen LogP contribution in [0.3, 0.4) is 0 Å². The first kappa shape index (κ1) is 32.5. The number of allylic oxidation sites excluding steroid dienone is 4. The molecule has 0 heterocycles. The minimum Gasteiger partial charge on any atom is -0.480 e. The number of carbonyl (C=O) groups excluding carboxylic acids is 1. The average molecular weight is 563 g/mol. The number of benzene rings is 2. The normalized spacial score (nSPS) is 14.6. The fourth-order valence-corrected chi connectivity index (χ4v) is 4.87. The van der Waals surface area contributed by atoms with Crippen molar-refractivity contribution in [1.29, 1.82) is 0 Å². The highest BCUT2D eigenvalue weighted by Crippen LogP contribution is 2.43. The number of hydrogen-bond donors (Lipinski definition) is 3. The van der Waals surface area contributed by atoms with Gasteiger partial charge in [-0.3, -0.25) is 0 Å². The third-order valence-electron chi connectivity index (χ3n) is 6.56. The van der Waals surface area contributed by atoms with Crippen molar-refractivity contribution in [2.45, 2.75) is 65.3 Å². The van der Waals surface area contributed by atoms with Crippen LogP contribution in [-0.4, -0.2) is 41.4 Å². The Labute approximate surface area is 244 Å². The van der Waals surface area contributed by atoms with Crippen molar-refractivity contribution in [3.63, 3.8) is 0 Å². The summed E-state index contributed by atoms with van der Waals surface area (Å²) < 4.78 is 5.51. The molecule has 2 aromatic rings. The molecular weight excluding hydrogens is 520 g/mol. The largest absolute Gasteiger partial charge is 0.480 e. The molecule has 40 heavy (non-hydrogen) atoms. The van der Waals surface area contributed by atoms with E-state index in [9.17, 15) is 14.7 Å². The van der Waals surface area contributed by atoms with Gasteiger partial charge in [-0.05, 0) is 60.9 Å². The summed E-state index contributed by atoms with van der Waals surface area (Å²) in [5.41, 5.74) is 6.53. The molecule has 2 atom stereocenters. The first-order chi connectivity index (χ1) is 19.3. The average Bonchev–Trinajstić information content (AvgIpc) is 3.25. The van der Waals surface area contributed by atoms with Crippen molar-refractivity contribution in [2.75, 3.05) is 13.2 Å².